The number of fused-ring (bicyclic) bond motifs is 1. The van der Waals surface area contributed by atoms with Crippen LogP contribution in [-0.2, 0) is 24.6 Å². The first kappa shape index (κ1) is 22.0. The monoisotopic (exact) mass is 441 g/mol. The highest BCUT2D eigenvalue weighted by Crippen LogP contribution is 2.37. The summed E-state index contributed by atoms with van der Waals surface area (Å²) in [4.78, 5) is 14.8. The maximum Gasteiger partial charge on any atom is 0.419 e. The molecule has 1 aliphatic rings. The van der Waals surface area contributed by atoms with Crippen LogP contribution in [0.1, 0.15) is 49.0 Å². The second kappa shape index (κ2) is 8.07. The Hall–Kier alpha value is -3.16. The number of hydrogen-bond acceptors (Lipinski definition) is 5. The van der Waals surface area contributed by atoms with Gasteiger partial charge < -0.3 is 10.2 Å². The van der Waals surface area contributed by atoms with Gasteiger partial charge in [-0.15, -0.1) is 0 Å². The molecule has 4 rings (SSSR count). The summed E-state index contributed by atoms with van der Waals surface area (Å²) in [7, 11) is 0. The molecule has 0 aliphatic carbocycles. The third-order valence-electron chi connectivity index (χ3n) is 5.58. The lowest BCUT2D eigenvalue weighted by Gasteiger charge is -2.31. The van der Waals surface area contributed by atoms with E-state index in [9.17, 15) is 13.2 Å². The first-order chi connectivity index (χ1) is 15.0. The minimum absolute atomic E-state index is 0.0609. The molecule has 32 heavy (non-hydrogen) atoms. The Morgan fingerprint density at radius 1 is 1.00 bits per heavy atom. The highest BCUT2D eigenvalue weighted by molar-refractivity contribution is 5.62. The van der Waals surface area contributed by atoms with E-state index in [1.807, 2.05) is 12.1 Å². The summed E-state index contributed by atoms with van der Waals surface area (Å²) in [5.41, 5.74) is 3.12. The summed E-state index contributed by atoms with van der Waals surface area (Å²) in [6.07, 6.45) is -2.55. The summed E-state index contributed by atoms with van der Waals surface area (Å²) in [6.45, 7) is 8.92. The normalized spacial score (nSPS) is 14.3. The van der Waals surface area contributed by atoms with Crippen LogP contribution in [0, 0.1) is 6.92 Å². The number of halogens is 3. The number of hydrogen-bond donors (Lipinski definition) is 1. The summed E-state index contributed by atoms with van der Waals surface area (Å²) in [5.74, 6) is 1.21. The van der Waals surface area contributed by atoms with Gasteiger partial charge in [-0.1, -0.05) is 32.9 Å². The van der Waals surface area contributed by atoms with Crippen molar-refractivity contribution in [1.29, 1.82) is 0 Å². The van der Waals surface area contributed by atoms with Crippen molar-refractivity contribution in [2.45, 2.75) is 52.3 Å². The second-order valence-electron chi connectivity index (χ2n) is 9.04. The molecule has 1 aromatic carbocycles. The van der Waals surface area contributed by atoms with Gasteiger partial charge >= 0.3 is 6.18 Å². The predicted molar refractivity (Wildman–Crippen MR) is 119 cm³/mol. The molecule has 0 saturated heterocycles. The molecule has 3 aromatic rings. The molecule has 0 saturated carbocycles. The number of anilines is 3. The van der Waals surface area contributed by atoms with Crippen molar-refractivity contribution in [2.24, 2.45) is 0 Å². The average Bonchev–Trinajstić information content (AvgIpc) is 2.72. The molecule has 0 radical (unpaired) electrons. The van der Waals surface area contributed by atoms with Crippen molar-refractivity contribution >= 4 is 17.3 Å². The summed E-state index contributed by atoms with van der Waals surface area (Å²) >= 11 is 0. The summed E-state index contributed by atoms with van der Waals surface area (Å²) in [5, 5.41) is 3.38. The van der Waals surface area contributed by atoms with Gasteiger partial charge in [0.2, 0.25) is 0 Å². The smallest absolute Gasteiger partial charge is 0.350 e. The standard InChI is InChI=1S/C24H26F3N5/c1-15-29-20-14-32(22-19(24(25,26)27)6-5-12-28-22)13-11-18(20)21(30-15)31-17-9-7-16(8-10-17)23(2,3)4/h5-10,12H,11,13-14H2,1-4H3,(H,29,30,31). The van der Waals surface area contributed by atoms with Gasteiger partial charge in [0, 0.05) is 24.0 Å². The summed E-state index contributed by atoms with van der Waals surface area (Å²) < 4.78 is 40.4. The third-order valence-corrected chi connectivity index (χ3v) is 5.58. The average molecular weight is 442 g/mol. The third kappa shape index (κ3) is 4.54. The van der Waals surface area contributed by atoms with Crippen molar-refractivity contribution in [1.82, 2.24) is 15.0 Å². The highest BCUT2D eigenvalue weighted by atomic mass is 19.4. The lowest BCUT2D eigenvalue weighted by molar-refractivity contribution is -0.137. The van der Waals surface area contributed by atoms with Gasteiger partial charge in [0.15, 0.2) is 0 Å². The van der Waals surface area contributed by atoms with Crippen LogP contribution in [0.4, 0.5) is 30.5 Å². The Morgan fingerprint density at radius 3 is 2.38 bits per heavy atom. The maximum absolute atomic E-state index is 13.5. The van der Waals surface area contributed by atoms with Crippen LogP contribution in [0.5, 0.6) is 0 Å². The van der Waals surface area contributed by atoms with E-state index in [1.165, 1.54) is 17.8 Å². The number of nitrogens with zero attached hydrogens (tertiary/aromatic N) is 4. The first-order valence-electron chi connectivity index (χ1n) is 10.5. The van der Waals surface area contributed by atoms with E-state index in [0.717, 1.165) is 23.0 Å². The van der Waals surface area contributed by atoms with Crippen LogP contribution >= 0.6 is 0 Å². The molecule has 1 aliphatic heterocycles. The van der Waals surface area contributed by atoms with Crippen molar-refractivity contribution in [3.63, 3.8) is 0 Å². The quantitative estimate of drug-likeness (QED) is 0.557. The van der Waals surface area contributed by atoms with E-state index in [2.05, 4.69) is 53.2 Å². The highest BCUT2D eigenvalue weighted by Gasteiger charge is 2.36. The van der Waals surface area contributed by atoms with Gasteiger partial charge in [0.1, 0.15) is 17.5 Å². The van der Waals surface area contributed by atoms with Crippen molar-refractivity contribution in [3.05, 3.63) is 70.8 Å². The van der Waals surface area contributed by atoms with Gasteiger partial charge in [-0.05, 0) is 48.6 Å². The van der Waals surface area contributed by atoms with Crippen molar-refractivity contribution < 1.29 is 13.2 Å². The van der Waals surface area contributed by atoms with Crippen LogP contribution in [0.2, 0.25) is 0 Å². The van der Waals surface area contributed by atoms with Gasteiger partial charge in [-0.3, -0.25) is 0 Å². The van der Waals surface area contributed by atoms with Crippen LogP contribution in [-0.4, -0.2) is 21.5 Å². The summed E-state index contributed by atoms with van der Waals surface area (Å²) in [6, 6.07) is 10.6. The van der Waals surface area contributed by atoms with Crippen LogP contribution < -0.4 is 10.2 Å². The fraction of sp³-hybridized carbons (Fsp3) is 0.375. The SMILES string of the molecule is Cc1nc2c(c(Nc3ccc(C(C)(C)C)cc3)n1)CCN(c1ncccc1C(F)(F)F)C2. The minimum Gasteiger partial charge on any atom is -0.350 e. The molecule has 8 heteroatoms. The minimum atomic E-state index is -4.46. The zero-order chi connectivity index (χ0) is 23.1. The van der Waals surface area contributed by atoms with Crippen molar-refractivity contribution in [2.75, 3.05) is 16.8 Å². The molecule has 1 N–H and O–H groups in total. The fourth-order valence-electron chi connectivity index (χ4n) is 3.90. The Kier molecular flexibility index (Phi) is 5.56. The molecule has 0 bridgehead atoms. The molecule has 0 spiro atoms. The molecule has 5 nitrogen and oxygen atoms in total. The molecular weight excluding hydrogens is 415 g/mol. The van der Waals surface area contributed by atoms with Crippen LogP contribution in [0.25, 0.3) is 0 Å². The predicted octanol–water partition coefficient (Wildman–Crippen LogP) is 5.80. The van der Waals surface area contributed by atoms with E-state index >= 15 is 0 Å². The zero-order valence-electron chi connectivity index (χ0n) is 18.6. The fourth-order valence-corrected chi connectivity index (χ4v) is 3.90. The molecule has 0 atom stereocenters. The van der Waals surface area contributed by atoms with Gasteiger partial charge in [-0.25, -0.2) is 15.0 Å². The zero-order valence-corrected chi connectivity index (χ0v) is 18.6. The molecule has 0 fully saturated rings. The van der Waals surface area contributed by atoms with E-state index in [1.54, 1.807) is 11.8 Å². The molecule has 0 amide bonds. The lowest BCUT2D eigenvalue weighted by Crippen LogP contribution is -2.34. The van der Waals surface area contributed by atoms with Crippen molar-refractivity contribution in [3.8, 4) is 0 Å². The van der Waals surface area contributed by atoms with E-state index in [4.69, 9.17) is 0 Å². The van der Waals surface area contributed by atoms with E-state index in [-0.39, 0.29) is 17.8 Å². The molecule has 168 valence electrons. The molecule has 0 unspecified atom stereocenters. The molecule has 2 aromatic heterocycles. The first-order valence-corrected chi connectivity index (χ1v) is 10.5. The van der Waals surface area contributed by atoms with Crippen LogP contribution in [0.3, 0.4) is 0 Å². The number of nitrogens with one attached hydrogen (secondary N) is 1. The van der Waals surface area contributed by atoms with Gasteiger partial charge in [0.25, 0.3) is 0 Å². The number of benzene rings is 1. The van der Waals surface area contributed by atoms with Crippen LogP contribution in [0.15, 0.2) is 42.6 Å². The molecule has 3 heterocycles. The number of rotatable bonds is 3. The Labute approximate surface area is 185 Å². The van der Waals surface area contributed by atoms with E-state index < -0.39 is 11.7 Å². The Bertz CT molecular complexity index is 1120. The molecular formula is C24H26F3N5. The maximum atomic E-state index is 13.5. The second-order valence-corrected chi connectivity index (χ2v) is 9.04. The lowest BCUT2D eigenvalue weighted by atomic mass is 9.87. The Morgan fingerprint density at radius 2 is 1.72 bits per heavy atom. The van der Waals surface area contributed by atoms with Gasteiger partial charge in [0.05, 0.1) is 17.8 Å². The number of aryl methyl sites for hydroxylation is 1. The number of alkyl halides is 3. The number of pyridine rings is 1. The Balaban J connectivity index is 1.62. The number of aromatic nitrogens is 3. The largest absolute Gasteiger partial charge is 0.419 e. The van der Waals surface area contributed by atoms with E-state index in [0.29, 0.717) is 24.6 Å². The topological polar surface area (TPSA) is 53.9 Å². The van der Waals surface area contributed by atoms with Gasteiger partial charge in [-0.2, -0.15) is 13.2 Å².